The quantitative estimate of drug-likeness (QED) is 0.886. The molecular weight excluding hydrogens is 286 g/mol. The summed E-state index contributed by atoms with van der Waals surface area (Å²) in [5.41, 5.74) is 6.43. The second-order valence-corrected chi connectivity index (χ2v) is 4.22. The number of hydrogen-bond acceptors (Lipinski definition) is 4. The van der Waals surface area contributed by atoms with E-state index in [0.29, 0.717) is 5.56 Å². The van der Waals surface area contributed by atoms with Crippen LogP contribution in [-0.4, -0.2) is 21.0 Å². The van der Waals surface area contributed by atoms with Crippen molar-refractivity contribution < 1.29 is 9.90 Å². The third-order valence-electron chi connectivity index (χ3n) is 2.15. The van der Waals surface area contributed by atoms with Gasteiger partial charge < -0.3 is 10.8 Å². The van der Waals surface area contributed by atoms with E-state index < -0.39 is 5.97 Å². The molecule has 0 radical (unpaired) electrons. The van der Waals surface area contributed by atoms with Gasteiger partial charge in [-0.05, 0) is 17.7 Å². The number of carboxylic acids is 1. The van der Waals surface area contributed by atoms with Gasteiger partial charge in [0.05, 0.1) is 0 Å². The maximum Gasteiger partial charge on any atom is 0.355 e. The Bertz CT molecular complexity index is 587. The first-order valence-corrected chi connectivity index (χ1v) is 5.49. The van der Waals surface area contributed by atoms with Gasteiger partial charge in [-0.15, -0.1) is 0 Å². The lowest BCUT2D eigenvalue weighted by Gasteiger charge is -2.05. The van der Waals surface area contributed by atoms with Gasteiger partial charge in [0.15, 0.2) is 5.69 Å². The molecule has 6 heteroatoms. The fraction of sp³-hybridized carbons (Fsp3) is 0. The Hall–Kier alpha value is -1.95. The lowest BCUT2D eigenvalue weighted by Crippen LogP contribution is -2.07. The normalized spacial score (nSPS) is 10.2. The Morgan fingerprint density at radius 2 is 2.18 bits per heavy atom. The minimum absolute atomic E-state index is 0.0545. The Morgan fingerprint density at radius 1 is 1.41 bits per heavy atom. The zero-order chi connectivity index (χ0) is 12.4. The van der Waals surface area contributed by atoms with Gasteiger partial charge in [0.25, 0.3) is 0 Å². The summed E-state index contributed by atoms with van der Waals surface area (Å²) in [6, 6.07) is 7.23. The molecule has 0 atom stereocenters. The third-order valence-corrected chi connectivity index (χ3v) is 2.64. The second kappa shape index (κ2) is 4.50. The molecular formula is C11H8BrN3O2. The molecule has 1 heterocycles. The van der Waals surface area contributed by atoms with E-state index in [4.69, 9.17) is 10.8 Å². The highest BCUT2D eigenvalue weighted by molar-refractivity contribution is 9.10. The number of halogens is 1. The summed E-state index contributed by atoms with van der Waals surface area (Å²) in [5.74, 6) is -1.18. The fourth-order valence-corrected chi connectivity index (χ4v) is 1.83. The number of carbonyl (C=O) groups is 1. The van der Waals surface area contributed by atoms with Crippen LogP contribution in [-0.2, 0) is 0 Å². The maximum atomic E-state index is 11.1. The molecule has 0 amide bonds. The zero-order valence-electron chi connectivity index (χ0n) is 8.59. The summed E-state index contributed by atoms with van der Waals surface area (Å²) < 4.78 is 0.850. The summed E-state index contributed by atoms with van der Waals surface area (Å²) in [5, 5.41) is 9.06. The molecule has 17 heavy (non-hydrogen) atoms. The van der Waals surface area contributed by atoms with Crippen LogP contribution in [0, 0.1) is 0 Å². The van der Waals surface area contributed by atoms with Gasteiger partial charge in [-0.2, -0.15) is 0 Å². The number of aromatic nitrogens is 2. The molecule has 0 saturated heterocycles. The monoisotopic (exact) mass is 293 g/mol. The SMILES string of the molecule is Nc1ncc(-c2cccc(Br)c2)c(C(=O)O)n1. The maximum absolute atomic E-state index is 11.1. The molecule has 0 unspecified atom stereocenters. The molecule has 0 spiro atoms. The minimum Gasteiger partial charge on any atom is -0.476 e. The standard InChI is InChI=1S/C11H8BrN3O2/c12-7-3-1-2-6(4-7)8-5-14-11(13)15-9(8)10(16)17/h1-5H,(H,16,17)(H2,13,14,15). The lowest BCUT2D eigenvalue weighted by molar-refractivity contribution is 0.0691. The van der Waals surface area contributed by atoms with Crippen LogP contribution < -0.4 is 5.73 Å². The Kier molecular flexibility index (Phi) is 3.06. The molecule has 2 aromatic rings. The van der Waals surface area contributed by atoms with Crippen LogP contribution in [0.2, 0.25) is 0 Å². The highest BCUT2D eigenvalue weighted by atomic mass is 79.9. The summed E-state index contributed by atoms with van der Waals surface area (Å²) in [6.45, 7) is 0. The van der Waals surface area contributed by atoms with E-state index in [0.717, 1.165) is 10.0 Å². The van der Waals surface area contributed by atoms with E-state index in [9.17, 15) is 4.79 Å². The largest absolute Gasteiger partial charge is 0.476 e. The Labute approximate surface area is 105 Å². The number of rotatable bonds is 2. The molecule has 0 bridgehead atoms. The summed E-state index contributed by atoms with van der Waals surface area (Å²) >= 11 is 3.32. The van der Waals surface area contributed by atoms with Crippen molar-refractivity contribution in [3.63, 3.8) is 0 Å². The molecule has 0 fully saturated rings. The van der Waals surface area contributed by atoms with Crippen molar-refractivity contribution in [2.24, 2.45) is 0 Å². The van der Waals surface area contributed by atoms with Crippen molar-refractivity contribution >= 4 is 27.8 Å². The van der Waals surface area contributed by atoms with Crippen molar-refractivity contribution in [3.05, 3.63) is 40.6 Å². The van der Waals surface area contributed by atoms with E-state index >= 15 is 0 Å². The van der Waals surface area contributed by atoms with Crippen LogP contribution in [0.25, 0.3) is 11.1 Å². The molecule has 5 nitrogen and oxygen atoms in total. The van der Waals surface area contributed by atoms with Crippen molar-refractivity contribution in [2.45, 2.75) is 0 Å². The number of carboxylic acid groups (broad SMARTS) is 1. The number of aromatic carboxylic acids is 1. The molecule has 0 aliphatic carbocycles. The average molecular weight is 294 g/mol. The highest BCUT2D eigenvalue weighted by Gasteiger charge is 2.14. The Morgan fingerprint density at radius 3 is 2.82 bits per heavy atom. The summed E-state index contributed by atoms with van der Waals surface area (Å²) in [6.07, 6.45) is 1.41. The molecule has 0 aliphatic heterocycles. The molecule has 1 aromatic carbocycles. The molecule has 3 N–H and O–H groups in total. The lowest BCUT2D eigenvalue weighted by atomic mass is 10.1. The van der Waals surface area contributed by atoms with Gasteiger partial charge in [0.2, 0.25) is 5.95 Å². The predicted molar refractivity (Wildman–Crippen MR) is 66.5 cm³/mol. The van der Waals surface area contributed by atoms with Crippen LogP contribution in [0.4, 0.5) is 5.95 Å². The van der Waals surface area contributed by atoms with Crippen molar-refractivity contribution in [1.29, 1.82) is 0 Å². The second-order valence-electron chi connectivity index (χ2n) is 3.31. The number of nitrogen functional groups attached to an aromatic ring is 1. The van der Waals surface area contributed by atoms with Crippen LogP contribution in [0.5, 0.6) is 0 Å². The molecule has 0 saturated carbocycles. The topological polar surface area (TPSA) is 89.1 Å². The van der Waals surface area contributed by atoms with Gasteiger partial charge in [0, 0.05) is 16.2 Å². The molecule has 1 aromatic heterocycles. The summed E-state index contributed by atoms with van der Waals surface area (Å²) in [4.78, 5) is 18.6. The van der Waals surface area contributed by atoms with Gasteiger partial charge in [0.1, 0.15) is 0 Å². The first kappa shape index (κ1) is 11.5. The van der Waals surface area contributed by atoms with E-state index in [1.807, 2.05) is 6.07 Å². The number of anilines is 1. The average Bonchev–Trinajstić information content (AvgIpc) is 2.28. The molecule has 2 rings (SSSR count). The van der Waals surface area contributed by atoms with E-state index in [-0.39, 0.29) is 11.6 Å². The highest BCUT2D eigenvalue weighted by Crippen LogP contribution is 2.25. The third kappa shape index (κ3) is 2.42. The molecule has 0 aliphatic rings. The van der Waals surface area contributed by atoms with Gasteiger partial charge >= 0.3 is 5.97 Å². The van der Waals surface area contributed by atoms with Crippen molar-refractivity contribution in [2.75, 3.05) is 5.73 Å². The van der Waals surface area contributed by atoms with Crippen LogP contribution in [0.15, 0.2) is 34.9 Å². The van der Waals surface area contributed by atoms with E-state index in [2.05, 4.69) is 25.9 Å². The Balaban J connectivity index is 2.63. The van der Waals surface area contributed by atoms with Gasteiger partial charge in [-0.1, -0.05) is 28.1 Å². The van der Waals surface area contributed by atoms with Crippen LogP contribution >= 0.6 is 15.9 Å². The number of benzene rings is 1. The number of nitrogens with two attached hydrogens (primary N) is 1. The summed E-state index contributed by atoms with van der Waals surface area (Å²) in [7, 11) is 0. The van der Waals surface area contributed by atoms with Crippen LogP contribution in [0.1, 0.15) is 10.5 Å². The van der Waals surface area contributed by atoms with Gasteiger partial charge in [-0.25, -0.2) is 14.8 Å². The molecule has 86 valence electrons. The number of nitrogens with zero attached hydrogens (tertiary/aromatic N) is 2. The fourth-order valence-electron chi connectivity index (χ4n) is 1.43. The first-order valence-electron chi connectivity index (χ1n) is 4.69. The van der Waals surface area contributed by atoms with E-state index in [1.54, 1.807) is 18.2 Å². The van der Waals surface area contributed by atoms with Gasteiger partial charge in [-0.3, -0.25) is 0 Å². The van der Waals surface area contributed by atoms with Crippen molar-refractivity contribution in [3.8, 4) is 11.1 Å². The minimum atomic E-state index is -1.13. The van der Waals surface area contributed by atoms with Crippen molar-refractivity contribution in [1.82, 2.24) is 9.97 Å². The van der Waals surface area contributed by atoms with Crippen LogP contribution in [0.3, 0.4) is 0 Å². The number of hydrogen-bond donors (Lipinski definition) is 2. The first-order chi connectivity index (χ1) is 8.08. The van der Waals surface area contributed by atoms with E-state index in [1.165, 1.54) is 6.20 Å². The smallest absolute Gasteiger partial charge is 0.355 e. The zero-order valence-corrected chi connectivity index (χ0v) is 10.2. The predicted octanol–water partition coefficient (Wildman–Crippen LogP) is 2.19.